The molecule has 1 aliphatic heterocycles. The molecule has 2 heterocycles. The molecule has 6 nitrogen and oxygen atoms in total. The van der Waals surface area contributed by atoms with Gasteiger partial charge in [-0.2, -0.15) is 28.6 Å². The van der Waals surface area contributed by atoms with Gasteiger partial charge in [-0.3, -0.25) is 5.10 Å². The first-order valence-electron chi connectivity index (χ1n) is 6.98. The summed E-state index contributed by atoms with van der Waals surface area (Å²) in [6, 6.07) is 0. The van der Waals surface area contributed by atoms with Gasteiger partial charge in [-0.05, 0) is 13.5 Å². The van der Waals surface area contributed by atoms with Crippen LogP contribution in [0.2, 0.25) is 0 Å². The smallest absolute Gasteiger partial charge is 0.244 e. The zero-order valence-electron chi connectivity index (χ0n) is 12.3. The van der Waals surface area contributed by atoms with Crippen LogP contribution in [0.25, 0.3) is 0 Å². The summed E-state index contributed by atoms with van der Waals surface area (Å²) in [6.07, 6.45) is 0. The minimum atomic E-state index is -3.51. The molecule has 1 fully saturated rings. The first-order chi connectivity index (χ1) is 10.0. The fourth-order valence-electron chi connectivity index (χ4n) is 2.12. The Balaban J connectivity index is 2.05. The van der Waals surface area contributed by atoms with E-state index in [0.29, 0.717) is 29.7 Å². The monoisotopic (exact) mass is 350 g/mol. The molecule has 0 saturated carbocycles. The average Bonchev–Trinajstić information content (AvgIpc) is 2.86. The van der Waals surface area contributed by atoms with E-state index in [-0.39, 0.29) is 4.90 Å². The van der Waals surface area contributed by atoms with E-state index in [4.69, 9.17) is 0 Å². The second-order valence-corrected chi connectivity index (χ2v) is 9.09. The Labute approximate surface area is 134 Å². The molecule has 0 aliphatic carbocycles. The van der Waals surface area contributed by atoms with Crippen molar-refractivity contribution in [1.29, 1.82) is 0 Å². The second kappa shape index (κ2) is 7.87. The first-order valence-corrected chi connectivity index (χ1v) is 10.7. The first kappa shape index (κ1) is 17.1. The van der Waals surface area contributed by atoms with Gasteiger partial charge < -0.3 is 5.32 Å². The highest BCUT2D eigenvalue weighted by atomic mass is 32.2. The lowest BCUT2D eigenvalue weighted by atomic mass is 10.3. The lowest BCUT2D eigenvalue weighted by Gasteiger charge is -2.21. The highest BCUT2D eigenvalue weighted by Gasteiger charge is 2.25. The Kier molecular flexibility index (Phi) is 6.42. The van der Waals surface area contributed by atoms with Crippen LogP contribution >= 0.6 is 23.5 Å². The number of aryl methyl sites for hydroxylation is 1. The molecular formula is C12H22N4O2S3. The Morgan fingerprint density at radius 1 is 1.43 bits per heavy atom. The molecule has 1 aromatic heterocycles. The number of aromatic nitrogens is 2. The SMILES string of the molecule is CCNCc1n[nH]c(C)c1S(=O)(=O)NCC1CSCCS1. The summed E-state index contributed by atoms with van der Waals surface area (Å²) in [5.41, 5.74) is 1.13. The summed E-state index contributed by atoms with van der Waals surface area (Å²) < 4.78 is 27.8. The van der Waals surface area contributed by atoms with Gasteiger partial charge in [-0.25, -0.2) is 13.1 Å². The van der Waals surface area contributed by atoms with Gasteiger partial charge in [-0.15, -0.1) is 0 Å². The summed E-state index contributed by atoms with van der Waals surface area (Å²) in [4.78, 5) is 0.289. The Hall–Kier alpha value is -0.220. The van der Waals surface area contributed by atoms with Crippen LogP contribution in [0.4, 0.5) is 0 Å². The number of nitrogens with one attached hydrogen (secondary N) is 3. The Morgan fingerprint density at radius 2 is 2.24 bits per heavy atom. The van der Waals surface area contributed by atoms with Crippen LogP contribution in [-0.4, -0.2) is 54.2 Å². The van der Waals surface area contributed by atoms with Crippen LogP contribution in [0, 0.1) is 6.92 Å². The maximum absolute atomic E-state index is 12.5. The molecule has 120 valence electrons. The molecule has 1 unspecified atom stereocenters. The highest BCUT2D eigenvalue weighted by molar-refractivity contribution is 8.06. The predicted octanol–water partition coefficient (Wildman–Crippen LogP) is 0.955. The lowest BCUT2D eigenvalue weighted by molar-refractivity contribution is 0.578. The molecule has 0 radical (unpaired) electrons. The van der Waals surface area contributed by atoms with Crippen molar-refractivity contribution >= 4 is 33.5 Å². The number of hydrogen-bond acceptors (Lipinski definition) is 6. The summed E-state index contributed by atoms with van der Waals surface area (Å²) in [7, 11) is -3.51. The molecule has 1 saturated heterocycles. The maximum Gasteiger partial charge on any atom is 0.244 e. The topological polar surface area (TPSA) is 86.9 Å². The van der Waals surface area contributed by atoms with Crippen molar-refractivity contribution in [3.63, 3.8) is 0 Å². The van der Waals surface area contributed by atoms with Crippen LogP contribution in [0.3, 0.4) is 0 Å². The zero-order valence-corrected chi connectivity index (χ0v) is 14.8. The van der Waals surface area contributed by atoms with E-state index >= 15 is 0 Å². The van der Waals surface area contributed by atoms with Crippen molar-refractivity contribution in [1.82, 2.24) is 20.2 Å². The maximum atomic E-state index is 12.5. The predicted molar refractivity (Wildman–Crippen MR) is 89.5 cm³/mol. The number of nitrogens with zero attached hydrogens (tertiary/aromatic N) is 1. The van der Waals surface area contributed by atoms with Gasteiger partial charge >= 0.3 is 0 Å². The van der Waals surface area contributed by atoms with Crippen molar-refractivity contribution in [2.45, 2.75) is 30.5 Å². The highest BCUT2D eigenvalue weighted by Crippen LogP contribution is 2.24. The van der Waals surface area contributed by atoms with Crippen molar-refractivity contribution in [2.75, 3.05) is 30.3 Å². The molecule has 1 atom stereocenters. The van der Waals surface area contributed by atoms with Gasteiger partial charge in [0.15, 0.2) is 0 Å². The van der Waals surface area contributed by atoms with Crippen molar-refractivity contribution in [3.05, 3.63) is 11.4 Å². The molecule has 3 N–H and O–H groups in total. The fourth-order valence-corrected chi connectivity index (χ4v) is 6.28. The van der Waals surface area contributed by atoms with E-state index in [1.807, 2.05) is 30.4 Å². The average molecular weight is 351 g/mol. The van der Waals surface area contributed by atoms with Gasteiger partial charge in [0.25, 0.3) is 0 Å². The standard InChI is InChI=1S/C12H22N4O2S3/c1-3-13-7-11-12(9(2)15-16-11)21(17,18)14-6-10-8-19-4-5-20-10/h10,13-14H,3-8H2,1-2H3,(H,15,16). The number of hydrogen-bond donors (Lipinski definition) is 3. The molecule has 0 amide bonds. The molecule has 0 aromatic carbocycles. The third kappa shape index (κ3) is 4.62. The lowest BCUT2D eigenvalue weighted by Crippen LogP contribution is -2.34. The van der Waals surface area contributed by atoms with Gasteiger partial charge in [-0.1, -0.05) is 6.92 Å². The third-order valence-electron chi connectivity index (χ3n) is 3.16. The van der Waals surface area contributed by atoms with Gasteiger partial charge in [0.1, 0.15) is 4.90 Å². The number of sulfonamides is 1. The largest absolute Gasteiger partial charge is 0.311 e. The van der Waals surface area contributed by atoms with E-state index in [1.54, 1.807) is 6.92 Å². The van der Waals surface area contributed by atoms with Crippen molar-refractivity contribution in [2.24, 2.45) is 0 Å². The van der Waals surface area contributed by atoms with Crippen LogP contribution in [0.1, 0.15) is 18.3 Å². The molecule has 1 aliphatic rings. The van der Waals surface area contributed by atoms with Gasteiger partial charge in [0.2, 0.25) is 10.0 Å². The third-order valence-corrected chi connectivity index (χ3v) is 7.63. The van der Waals surface area contributed by atoms with E-state index in [0.717, 1.165) is 23.8 Å². The number of aromatic amines is 1. The zero-order chi connectivity index (χ0) is 15.3. The summed E-state index contributed by atoms with van der Waals surface area (Å²) in [5, 5.41) is 10.3. The minimum Gasteiger partial charge on any atom is -0.311 e. The van der Waals surface area contributed by atoms with E-state index in [2.05, 4.69) is 20.2 Å². The van der Waals surface area contributed by atoms with Crippen LogP contribution in [0.15, 0.2) is 4.90 Å². The quantitative estimate of drug-likeness (QED) is 0.679. The van der Waals surface area contributed by atoms with Crippen LogP contribution in [-0.2, 0) is 16.6 Å². The number of rotatable bonds is 7. The molecule has 9 heteroatoms. The number of H-pyrrole nitrogens is 1. The van der Waals surface area contributed by atoms with Crippen LogP contribution in [0.5, 0.6) is 0 Å². The van der Waals surface area contributed by atoms with E-state index in [9.17, 15) is 8.42 Å². The number of thioether (sulfide) groups is 2. The minimum absolute atomic E-state index is 0.289. The van der Waals surface area contributed by atoms with Crippen molar-refractivity contribution in [3.8, 4) is 0 Å². The van der Waals surface area contributed by atoms with Gasteiger partial charge in [0, 0.05) is 35.6 Å². The fraction of sp³-hybridized carbons (Fsp3) is 0.750. The molecule has 2 rings (SSSR count). The molecule has 21 heavy (non-hydrogen) atoms. The molecule has 0 spiro atoms. The van der Waals surface area contributed by atoms with E-state index in [1.165, 1.54) is 0 Å². The molecule has 1 aromatic rings. The van der Waals surface area contributed by atoms with E-state index < -0.39 is 10.0 Å². The summed E-state index contributed by atoms with van der Waals surface area (Å²) in [6.45, 7) is 5.41. The van der Waals surface area contributed by atoms with Crippen molar-refractivity contribution < 1.29 is 8.42 Å². The molecular weight excluding hydrogens is 328 g/mol. The molecule has 0 bridgehead atoms. The second-order valence-electron chi connectivity index (χ2n) is 4.82. The summed E-state index contributed by atoms with van der Waals surface area (Å²) >= 11 is 3.72. The summed E-state index contributed by atoms with van der Waals surface area (Å²) in [5.74, 6) is 3.25. The van der Waals surface area contributed by atoms with Gasteiger partial charge in [0.05, 0.1) is 11.4 Å². The normalized spacial score (nSPS) is 19.8. The Morgan fingerprint density at radius 3 is 2.90 bits per heavy atom. The van der Waals surface area contributed by atoms with Crippen LogP contribution < -0.4 is 10.0 Å². The Bertz CT molecular complexity index is 553.